The number of aliphatic hydroxyl groups is 1. The topological polar surface area (TPSA) is 47.9 Å². The summed E-state index contributed by atoms with van der Waals surface area (Å²) in [7, 11) is 0. The van der Waals surface area contributed by atoms with E-state index in [0.717, 1.165) is 30.8 Å². The predicted molar refractivity (Wildman–Crippen MR) is 76.7 cm³/mol. The molecular formula is C16H24O4. The van der Waals surface area contributed by atoms with Gasteiger partial charge >= 0.3 is 0 Å². The van der Waals surface area contributed by atoms with Gasteiger partial charge in [0, 0.05) is 6.61 Å². The van der Waals surface area contributed by atoms with Crippen LogP contribution in [0.3, 0.4) is 0 Å². The van der Waals surface area contributed by atoms with Crippen LogP contribution in [0, 0.1) is 0 Å². The molecule has 0 aliphatic carbocycles. The van der Waals surface area contributed by atoms with Crippen molar-refractivity contribution in [2.75, 3.05) is 19.8 Å². The number of ether oxygens (including phenoxy) is 3. The summed E-state index contributed by atoms with van der Waals surface area (Å²) < 4.78 is 16.7. The monoisotopic (exact) mass is 280 g/mol. The molecule has 0 aromatic heterocycles. The molecule has 0 radical (unpaired) electrons. The molecule has 112 valence electrons. The molecule has 20 heavy (non-hydrogen) atoms. The van der Waals surface area contributed by atoms with Gasteiger partial charge in [-0.1, -0.05) is 12.1 Å². The van der Waals surface area contributed by atoms with Crippen molar-refractivity contribution in [3.63, 3.8) is 0 Å². The summed E-state index contributed by atoms with van der Waals surface area (Å²) in [5.74, 6) is 0.783. The van der Waals surface area contributed by atoms with Crippen LogP contribution >= 0.6 is 0 Å². The van der Waals surface area contributed by atoms with Crippen LogP contribution in [0.15, 0.2) is 24.3 Å². The summed E-state index contributed by atoms with van der Waals surface area (Å²) in [6.07, 6.45) is 3.21. The first-order valence-electron chi connectivity index (χ1n) is 7.24. The molecule has 1 aromatic carbocycles. The molecule has 0 bridgehead atoms. The Kier molecular flexibility index (Phi) is 5.40. The zero-order valence-electron chi connectivity index (χ0n) is 12.3. The largest absolute Gasteiger partial charge is 0.491 e. The molecule has 0 amide bonds. The molecule has 1 heterocycles. The fourth-order valence-electron chi connectivity index (χ4n) is 2.14. The van der Waals surface area contributed by atoms with Gasteiger partial charge in [0.2, 0.25) is 0 Å². The molecule has 0 unspecified atom stereocenters. The summed E-state index contributed by atoms with van der Waals surface area (Å²) in [4.78, 5) is 0. The lowest BCUT2D eigenvalue weighted by atomic mass is 9.99. The van der Waals surface area contributed by atoms with Crippen LogP contribution in [-0.4, -0.2) is 31.2 Å². The second-order valence-electron chi connectivity index (χ2n) is 5.60. The standard InChI is InChI=1S/C16H24O4/c1-16(2,17)13-6-8-14(9-7-13)18-11-12-20-15-5-3-4-10-19-15/h6-9,15,17H,3-5,10-12H2,1-2H3/t15-/m0/s1. The summed E-state index contributed by atoms with van der Waals surface area (Å²) in [5, 5.41) is 9.86. The van der Waals surface area contributed by atoms with Crippen LogP contribution in [0.2, 0.25) is 0 Å². The summed E-state index contributed by atoms with van der Waals surface area (Å²) in [6, 6.07) is 7.48. The molecule has 1 fully saturated rings. The Morgan fingerprint density at radius 1 is 1.20 bits per heavy atom. The molecule has 4 nitrogen and oxygen atoms in total. The van der Waals surface area contributed by atoms with Crippen LogP contribution in [0.5, 0.6) is 5.75 Å². The minimum Gasteiger partial charge on any atom is -0.491 e. The molecule has 1 aromatic rings. The van der Waals surface area contributed by atoms with E-state index in [9.17, 15) is 5.11 Å². The van der Waals surface area contributed by atoms with Crippen molar-refractivity contribution in [3.05, 3.63) is 29.8 Å². The van der Waals surface area contributed by atoms with E-state index in [0.29, 0.717) is 13.2 Å². The maximum absolute atomic E-state index is 9.86. The van der Waals surface area contributed by atoms with Gasteiger partial charge in [0.1, 0.15) is 12.4 Å². The lowest BCUT2D eigenvalue weighted by molar-refractivity contribution is -0.165. The maximum Gasteiger partial charge on any atom is 0.157 e. The van der Waals surface area contributed by atoms with E-state index >= 15 is 0 Å². The van der Waals surface area contributed by atoms with Gasteiger partial charge in [-0.05, 0) is 50.8 Å². The third-order valence-electron chi connectivity index (χ3n) is 3.35. The average molecular weight is 280 g/mol. The number of rotatable bonds is 6. The van der Waals surface area contributed by atoms with Gasteiger partial charge in [0.05, 0.1) is 12.2 Å². The second-order valence-corrected chi connectivity index (χ2v) is 5.60. The van der Waals surface area contributed by atoms with Crippen molar-refractivity contribution in [2.45, 2.75) is 45.0 Å². The lowest BCUT2D eigenvalue weighted by Gasteiger charge is -2.22. The van der Waals surface area contributed by atoms with Gasteiger partial charge in [-0.25, -0.2) is 0 Å². The molecule has 4 heteroatoms. The van der Waals surface area contributed by atoms with Gasteiger partial charge < -0.3 is 19.3 Å². The Balaban J connectivity index is 1.68. The maximum atomic E-state index is 9.86. The summed E-state index contributed by atoms with van der Waals surface area (Å²) >= 11 is 0. The molecule has 1 atom stereocenters. The summed E-state index contributed by atoms with van der Waals surface area (Å²) in [6.45, 7) is 5.35. The highest BCUT2D eigenvalue weighted by atomic mass is 16.7. The number of benzene rings is 1. The van der Waals surface area contributed by atoms with E-state index in [1.165, 1.54) is 6.42 Å². The highest BCUT2D eigenvalue weighted by molar-refractivity contribution is 5.30. The fourth-order valence-corrected chi connectivity index (χ4v) is 2.14. The smallest absolute Gasteiger partial charge is 0.157 e. The Labute approximate surface area is 120 Å². The van der Waals surface area contributed by atoms with E-state index in [2.05, 4.69) is 0 Å². The normalized spacial score (nSPS) is 19.9. The molecule has 2 rings (SSSR count). The van der Waals surface area contributed by atoms with Crippen molar-refractivity contribution in [2.24, 2.45) is 0 Å². The van der Waals surface area contributed by atoms with E-state index in [-0.39, 0.29) is 6.29 Å². The molecule has 1 N–H and O–H groups in total. The highest BCUT2D eigenvalue weighted by Crippen LogP contribution is 2.22. The number of hydrogen-bond donors (Lipinski definition) is 1. The van der Waals surface area contributed by atoms with Crippen LogP contribution in [0.25, 0.3) is 0 Å². The Morgan fingerprint density at radius 3 is 2.55 bits per heavy atom. The fraction of sp³-hybridized carbons (Fsp3) is 0.625. The van der Waals surface area contributed by atoms with Gasteiger partial charge in [0.15, 0.2) is 6.29 Å². The Hall–Kier alpha value is -1.10. The predicted octanol–water partition coefficient (Wildman–Crippen LogP) is 2.84. The average Bonchev–Trinajstić information content (AvgIpc) is 2.44. The SMILES string of the molecule is CC(C)(O)c1ccc(OCCO[C@H]2CCCCO2)cc1. The minimum absolute atomic E-state index is 0.0649. The lowest BCUT2D eigenvalue weighted by Crippen LogP contribution is -2.24. The van der Waals surface area contributed by atoms with Gasteiger partial charge in [0.25, 0.3) is 0 Å². The minimum atomic E-state index is -0.819. The van der Waals surface area contributed by atoms with Crippen molar-refractivity contribution in [3.8, 4) is 5.75 Å². The molecule has 1 aliphatic rings. The molecule has 0 spiro atoms. The molecular weight excluding hydrogens is 256 g/mol. The van der Waals surface area contributed by atoms with Crippen LogP contribution in [-0.2, 0) is 15.1 Å². The Morgan fingerprint density at radius 2 is 1.95 bits per heavy atom. The first-order valence-corrected chi connectivity index (χ1v) is 7.24. The van der Waals surface area contributed by atoms with Crippen molar-refractivity contribution in [1.29, 1.82) is 0 Å². The second kappa shape index (κ2) is 7.07. The van der Waals surface area contributed by atoms with Crippen LogP contribution < -0.4 is 4.74 Å². The summed E-state index contributed by atoms with van der Waals surface area (Å²) in [5.41, 5.74) is 0.0525. The van der Waals surface area contributed by atoms with Gasteiger partial charge in [-0.15, -0.1) is 0 Å². The third-order valence-corrected chi connectivity index (χ3v) is 3.35. The van der Waals surface area contributed by atoms with E-state index in [4.69, 9.17) is 14.2 Å². The van der Waals surface area contributed by atoms with Crippen molar-refractivity contribution < 1.29 is 19.3 Å². The highest BCUT2D eigenvalue weighted by Gasteiger charge is 2.15. The van der Waals surface area contributed by atoms with Crippen molar-refractivity contribution in [1.82, 2.24) is 0 Å². The number of hydrogen-bond acceptors (Lipinski definition) is 4. The van der Waals surface area contributed by atoms with E-state index in [1.54, 1.807) is 13.8 Å². The zero-order chi connectivity index (χ0) is 14.4. The zero-order valence-corrected chi connectivity index (χ0v) is 12.3. The molecule has 1 saturated heterocycles. The molecule has 0 saturated carbocycles. The third kappa shape index (κ3) is 4.78. The first kappa shape index (κ1) is 15.3. The van der Waals surface area contributed by atoms with Crippen LogP contribution in [0.1, 0.15) is 38.7 Å². The van der Waals surface area contributed by atoms with Gasteiger partial charge in [-0.3, -0.25) is 0 Å². The van der Waals surface area contributed by atoms with Crippen molar-refractivity contribution >= 4 is 0 Å². The first-order chi connectivity index (χ1) is 9.55. The van der Waals surface area contributed by atoms with E-state index in [1.807, 2.05) is 24.3 Å². The van der Waals surface area contributed by atoms with Crippen LogP contribution in [0.4, 0.5) is 0 Å². The van der Waals surface area contributed by atoms with E-state index < -0.39 is 5.60 Å². The Bertz CT molecular complexity index is 388. The van der Waals surface area contributed by atoms with Gasteiger partial charge in [-0.2, -0.15) is 0 Å². The molecule has 1 aliphatic heterocycles. The quantitative estimate of drug-likeness (QED) is 0.814.